The van der Waals surface area contributed by atoms with Gasteiger partial charge in [-0.1, -0.05) is 18.2 Å². The molecule has 2 N–H and O–H groups in total. The molecule has 0 aliphatic carbocycles. The molecule has 1 fully saturated rings. The molecule has 0 aromatic heterocycles. The first kappa shape index (κ1) is 18.8. The van der Waals surface area contributed by atoms with Crippen molar-refractivity contribution < 1.29 is 23.9 Å². The molecule has 0 bridgehead atoms. The van der Waals surface area contributed by atoms with Crippen LogP contribution in [-0.4, -0.2) is 44.1 Å². The Hall–Kier alpha value is -3.55. The Labute approximate surface area is 167 Å². The molecule has 0 saturated carbocycles. The molecule has 1 atom stereocenters. The molecule has 1 unspecified atom stereocenters. The maximum Gasteiger partial charge on any atom is 0.251 e. The number of nitrogens with zero attached hydrogens (tertiary/aromatic N) is 1. The van der Waals surface area contributed by atoms with E-state index >= 15 is 0 Å². The third-order valence-electron chi connectivity index (χ3n) is 4.91. The van der Waals surface area contributed by atoms with E-state index in [-0.39, 0.29) is 44.0 Å². The van der Waals surface area contributed by atoms with Crippen molar-refractivity contribution in [2.45, 2.75) is 6.42 Å². The van der Waals surface area contributed by atoms with Gasteiger partial charge < -0.3 is 25.0 Å². The summed E-state index contributed by atoms with van der Waals surface area (Å²) in [5.41, 5.74) is 1.25. The predicted molar refractivity (Wildman–Crippen MR) is 105 cm³/mol. The monoisotopic (exact) mass is 395 g/mol. The Balaban J connectivity index is 1.22. The molecular formula is C21H21N3O5. The van der Waals surface area contributed by atoms with Crippen LogP contribution in [0.25, 0.3) is 0 Å². The Morgan fingerprint density at radius 3 is 2.59 bits per heavy atom. The smallest absolute Gasteiger partial charge is 0.251 e. The van der Waals surface area contributed by atoms with Gasteiger partial charge in [-0.2, -0.15) is 0 Å². The Bertz CT molecular complexity index is 931. The number of hydrogen-bond acceptors (Lipinski definition) is 5. The van der Waals surface area contributed by atoms with Crippen LogP contribution in [0.1, 0.15) is 16.8 Å². The molecule has 150 valence electrons. The third kappa shape index (κ3) is 4.16. The van der Waals surface area contributed by atoms with Crippen LogP contribution in [0, 0.1) is 5.92 Å². The zero-order valence-corrected chi connectivity index (χ0v) is 15.7. The van der Waals surface area contributed by atoms with Crippen molar-refractivity contribution in [1.29, 1.82) is 0 Å². The van der Waals surface area contributed by atoms with Crippen molar-refractivity contribution in [1.82, 2.24) is 10.6 Å². The summed E-state index contributed by atoms with van der Waals surface area (Å²) in [5.74, 6) is 0.252. The molecule has 4 rings (SSSR count). The van der Waals surface area contributed by atoms with Gasteiger partial charge >= 0.3 is 0 Å². The first-order valence-electron chi connectivity index (χ1n) is 9.43. The molecule has 2 heterocycles. The average Bonchev–Trinajstić information content (AvgIpc) is 3.37. The number of nitrogens with one attached hydrogen (secondary N) is 2. The molecule has 2 aromatic carbocycles. The van der Waals surface area contributed by atoms with Gasteiger partial charge in [0.15, 0.2) is 11.5 Å². The highest BCUT2D eigenvalue weighted by Gasteiger charge is 2.34. The zero-order valence-electron chi connectivity index (χ0n) is 15.7. The van der Waals surface area contributed by atoms with E-state index < -0.39 is 5.92 Å². The fraction of sp³-hybridized carbons (Fsp3) is 0.286. The molecule has 29 heavy (non-hydrogen) atoms. The average molecular weight is 395 g/mol. The van der Waals surface area contributed by atoms with Gasteiger partial charge in [-0.3, -0.25) is 14.4 Å². The Morgan fingerprint density at radius 2 is 1.76 bits per heavy atom. The number of hydrogen-bond donors (Lipinski definition) is 2. The highest BCUT2D eigenvalue weighted by molar-refractivity contribution is 6.00. The molecule has 0 spiro atoms. The lowest BCUT2D eigenvalue weighted by Gasteiger charge is -2.16. The molecule has 1 saturated heterocycles. The first-order chi connectivity index (χ1) is 14.1. The largest absolute Gasteiger partial charge is 0.454 e. The van der Waals surface area contributed by atoms with E-state index in [2.05, 4.69) is 10.6 Å². The number of fused-ring (bicyclic) bond motifs is 1. The molecule has 3 amide bonds. The normalized spacial score (nSPS) is 17.3. The second-order valence-corrected chi connectivity index (χ2v) is 6.86. The second-order valence-electron chi connectivity index (χ2n) is 6.86. The lowest BCUT2D eigenvalue weighted by molar-refractivity contribution is -0.126. The van der Waals surface area contributed by atoms with E-state index in [1.165, 1.54) is 0 Å². The summed E-state index contributed by atoms with van der Waals surface area (Å²) in [6.45, 7) is 1.07. The van der Waals surface area contributed by atoms with E-state index in [0.717, 1.165) is 5.69 Å². The minimum atomic E-state index is -0.396. The van der Waals surface area contributed by atoms with Gasteiger partial charge in [0.25, 0.3) is 5.91 Å². The second kappa shape index (κ2) is 8.22. The van der Waals surface area contributed by atoms with Crippen molar-refractivity contribution in [3.05, 3.63) is 54.1 Å². The van der Waals surface area contributed by atoms with Gasteiger partial charge in [-0.25, -0.2) is 0 Å². The number of carbonyl (C=O) groups excluding carboxylic acids is 3. The summed E-state index contributed by atoms with van der Waals surface area (Å²) >= 11 is 0. The Kier molecular flexibility index (Phi) is 5.33. The highest BCUT2D eigenvalue weighted by atomic mass is 16.7. The number of benzene rings is 2. The number of carbonyl (C=O) groups is 3. The van der Waals surface area contributed by atoms with Crippen molar-refractivity contribution in [3.63, 3.8) is 0 Å². The quantitative estimate of drug-likeness (QED) is 0.719. The first-order valence-corrected chi connectivity index (χ1v) is 9.43. The number of para-hydroxylation sites is 1. The van der Waals surface area contributed by atoms with Gasteiger partial charge in [0.2, 0.25) is 18.6 Å². The summed E-state index contributed by atoms with van der Waals surface area (Å²) in [6, 6.07) is 14.3. The van der Waals surface area contributed by atoms with Crippen LogP contribution in [0.3, 0.4) is 0 Å². The Morgan fingerprint density at radius 1 is 1.00 bits per heavy atom. The summed E-state index contributed by atoms with van der Waals surface area (Å²) < 4.78 is 10.5. The molecule has 2 aromatic rings. The molecule has 2 aliphatic rings. The third-order valence-corrected chi connectivity index (χ3v) is 4.91. The lowest BCUT2D eigenvalue weighted by Crippen LogP contribution is -2.38. The van der Waals surface area contributed by atoms with Gasteiger partial charge in [0, 0.05) is 37.3 Å². The molecule has 8 heteroatoms. The van der Waals surface area contributed by atoms with Crippen LogP contribution in [0.4, 0.5) is 5.69 Å². The molecule has 0 radical (unpaired) electrons. The summed E-state index contributed by atoms with van der Waals surface area (Å²) in [5, 5.41) is 5.54. The number of ether oxygens (including phenoxy) is 2. The highest BCUT2D eigenvalue weighted by Crippen LogP contribution is 2.32. The van der Waals surface area contributed by atoms with Crippen LogP contribution in [0.5, 0.6) is 11.5 Å². The number of amides is 3. The topological polar surface area (TPSA) is 97.0 Å². The van der Waals surface area contributed by atoms with E-state index in [0.29, 0.717) is 23.6 Å². The van der Waals surface area contributed by atoms with Gasteiger partial charge in [0.05, 0.1) is 5.92 Å². The minimum Gasteiger partial charge on any atom is -0.454 e. The van der Waals surface area contributed by atoms with E-state index in [9.17, 15) is 14.4 Å². The van der Waals surface area contributed by atoms with Crippen LogP contribution in [-0.2, 0) is 9.59 Å². The van der Waals surface area contributed by atoms with Crippen molar-refractivity contribution >= 4 is 23.4 Å². The predicted octanol–water partition coefficient (Wildman–Crippen LogP) is 1.31. The fourth-order valence-corrected chi connectivity index (χ4v) is 3.39. The number of anilines is 1. The fourth-order valence-electron chi connectivity index (χ4n) is 3.39. The van der Waals surface area contributed by atoms with E-state index in [1.807, 2.05) is 30.3 Å². The molecular weight excluding hydrogens is 374 g/mol. The van der Waals surface area contributed by atoms with Crippen molar-refractivity contribution in [3.8, 4) is 11.5 Å². The number of rotatable bonds is 6. The maximum atomic E-state index is 12.4. The van der Waals surface area contributed by atoms with Crippen LogP contribution < -0.4 is 25.0 Å². The SMILES string of the molecule is O=C(NCCNC(=O)C1CC(=O)N(c2ccccc2)C1)c1ccc2c(c1)OCO2. The zero-order chi connectivity index (χ0) is 20.2. The van der Waals surface area contributed by atoms with Crippen molar-refractivity contribution in [2.75, 3.05) is 31.3 Å². The lowest BCUT2D eigenvalue weighted by atomic mass is 10.1. The summed E-state index contributed by atoms with van der Waals surface area (Å²) in [4.78, 5) is 38.4. The van der Waals surface area contributed by atoms with Gasteiger partial charge in [-0.05, 0) is 30.3 Å². The van der Waals surface area contributed by atoms with Crippen LogP contribution >= 0.6 is 0 Å². The minimum absolute atomic E-state index is 0.0625. The summed E-state index contributed by atoms with van der Waals surface area (Å²) in [6.07, 6.45) is 0.185. The molecule has 2 aliphatic heterocycles. The van der Waals surface area contributed by atoms with Crippen molar-refractivity contribution in [2.24, 2.45) is 5.92 Å². The summed E-state index contributed by atoms with van der Waals surface area (Å²) in [7, 11) is 0. The standard InChI is InChI=1S/C21H21N3O5/c25-19-11-15(12-24(19)16-4-2-1-3-5-16)21(27)23-9-8-22-20(26)14-6-7-17-18(10-14)29-13-28-17/h1-7,10,15H,8-9,11-13H2,(H,22,26)(H,23,27). The van der Waals surface area contributed by atoms with Crippen LogP contribution in [0.15, 0.2) is 48.5 Å². The maximum absolute atomic E-state index is 12.4. The van der Waals surface area contributed by atoms with Gasteiger partial charge in [0.1, 0.15) is 0 Å². The van der Waals surface area contributed by atoms with Gasteiger partial charge in [-0.15, -0.1) is 0 Å². The van der Waals surface area contributed by atoms with E-state index in [4.69, 9.17) is 9.47 Å². The van der Waals surface area contributed by atoms with E-state index in [1.54, 1.807) is 23.1 Å². The molecule has 8 nitrogen and oxygen atoms in total. The van der Waals surface area contributed by atoms with Crippen LogP contribution in [0.2, 0.25) is 0 Å².